The molecule has 0 radical (unpaired) electrons. The number of hydrogen-bond acceptors (Lipinski definition) is 3. The highest BCUT2D eigenvalue weighted by atomic mass is 16.4. The second-order valence-corrected chi connectivity index (χ2v) is 4.04. The van der Waals surface area contributed by atoms with E-state index in [1.807, 2.05) is 12.1 Å². The molecule has 0 atom stereocenters. The molecule has 0 amide bonds. The third-order valence-corrected chi connectivity index (χ3v) is 3.18. The molecular weight excluding hydrogens is 189 g/mol. The minimum absolute atomic E-state index is 0.320. The number of hydrogen-bond donors (Lipinski definition) is 2. The normalized spacial score (nSPS) is 17.7. The maximum atomic E-state index is 9.12. The Balaban J connectivity index is 2.28. The molecule has 0 aromatic heterocycles. The molecule has 1 saturated carbocycles. The molecule has 0 saturated heterocycles. The Morgan fingerprint density at radius 2 is 1.80 bits per heavy atom. The molecule has 3 nitrogen and oxygen atoms in total. The van der Waals surface area contributed by atoms with Crippen molar-refractivity contribution in [2.45, 2.75) is 24.7 Å². The predicted molar refractivity (Wildman–Crippen MR) is 57.4 cm³/mol. The maximum Gasteiger partial charge on any atom is 0.488 e. The van der Waals surface area contributed by atoms with E-state index in [9.17, 15) is 0 Å². The molecular formula is C11H12BNO2. The van der Waals surface area contributed by atoms with E-state index in [1.54, 1.807) is 12.1 Å². The van der Waals surface area contributed by atoms with Crippen molar-refractivity contribution in [3.8, 4) is 6.07 Å². The van der Waals surface area contributed by atoms with Gasteiger partial charge in [0, 0.05) is 0 Å². The van der Waals surface area contributed by atoms with Crippen molar-refractivity contribution in [1.82, 2.24) is 0 Å². The van der Waals surface area contributed by atoms with Gasteiger partial charge in [0.05, 0.1) is 11.5 Å². The molecule has 1 aliphatic rings. The highest BCUT2D eigenvalue weighted by Crippen LogP contribution is 2.42. The molecule has 0 unspecified atom stereocenters. The number of benzene rings is 1. The summed E-state index contributed by atoms with van der Waals surface area (Å²) in [5, 5.41) is 27.0. The van der Waals surface area contributed by atoms with E-state index in [0.29, 0.717) is 5.46 Å². The second-order valence-electron chi connectivity index (χ2n) is 4.04. The summed E-state index contributed by atoms with van der Waals surface area (Å²) in [7, 11) is -1.43. The lowest BCUT2D eigenvalue weighted by Crippen LogP contribution is -2.34. The fourth-order valence-corrected chi connectivity index (χ4v) is 1.97. The van der Waals surface area contributed by atoms with Crippen LogP contribution in [0.2, 0.25) is 0 Å². The highest BCUT2D eigenvalue weighted by Gasteiger charge is 2.38. The van der Waals surface area contributed by atoms with Crippen LogP contribution in [0, 0.1) is 11.3 Å². The van der Waals surface area contributed by atoms with Crippen LogP contribution >= 0.6 is 0 Å². The average Bonchev–Trinajstić information content (AvgIpc) is 2.18. The lowest BCUT2D eigenvalue weighted by molar-refractivity contribution is 0.324. The zero-order valence-corrected chi connectivity index (χ0v) is 8.35. The first kappa shape index (κ1) is 10.2. The van der Waals surface area contributed by atoms with Crippen molar-refractivity contribution in [2.75, 3.05) is 0 Å². The molecule has 2 rings (SSSR count). The number of nitriles is 1. The first-order valence-electron chi connectivity index (χ1n) is 5.06. The summed E-state index contributed by atoms with van der Waals surface area (Å²) in [4.78, 5) is 0. The molecule has 0 spiro atoms. The lowest BCUT2D eigenvalue weighted by atomic mass is 9.65. The van der Waals surface area contributed by atoms with Crippen LogP contribution < -0.4 is 5.46 Å². The van der Waals surface area contributed by atoms with Gasteiger partial charge in [0.2, 0.25) is 0 Å². The van der Waals surface area contributed by atoms with Crippen LogP contribution in [0.15, 0.2) is 24.3 Å². The standard InChI is InChI=1S/C11H12BNO2/c13-8-11(6-1-7-11)9-2-4-10(5-3-9)12(14)15/h2-5,14-15H,1,6-7H2. The van der Waals surface area contributed by atoms with E-state index >= 15 is 0 Å². The Hall–Kier alpha value is -1.31. The average molecular weight is 201 g/mol. The van der Waals surface area contributed by atoms with Gasteiger partial charge in [0.1, 0.15) is 0 Å². The van der Waals surface area contributed by atoms with Gasteiger partial charge >= 0.3 is 7.12 Å². The Kier molecular flexibility index (Phi) is 2.51. The third kappa shape index (κ3) is 1.65. The van der Waals surface area contributed by atoms with Crippen molar-refractivity contribution >= 4 is 12.6 Å². The van der Waals surface area contributed by atoms with Crippen molar-refractivity contribution in [2.24, 2.45) is 0 Å². The maximum absolute atomic E-state index is 9.12. The molecule has 0 heterocycles. The molecule has 1 aromatic rings. The van der Waals surface area contributed by atoms with Crippen molar-refractivity contribution in [1.29, 1.82) is 5.26 Å². The molecule has 0 aliphatic heterocycles. The molecule has 4 heteroatoms. The van der Waals surface area contributed by atoms with Crippen molar-refractivity contribution in [3.05, 3.63) is 29.8 Å². The Bertz CT molecular complexity index is 390. The summed E-state index contributed by atoms with van der Waals surface area (Å²) in [6.45, 7) is 0. The third-order valence-electron chi connectivity index (χ3n) is 3.18. The van der Waals surface area contributed by atoms with Gasteiger partial charge in [-0.25, -0.2) is 0 Å². The van der Waals surface area contributed by atoms with Crippen molar-refractivity contribution < 1.29 is 10.0 Å². The van der Waals surface area contributed by atoms with Crippen LogP contribution in [-0.2, 0) is 5.41 Å². The molecule has 76 valence electrons. The molecule has 1 fully saturated rings. The summed E-state index contributed by atoms with van der Waals surface area (Å²) in [6, 6.07) is 9.32. The zero-order chi connectivity index (χ0) is 10.9. The summed E-state index contributed by atoms with van der Waals surface area (Å²) >= 11 is 0. The van der Waals surface area contributed by atoms with Gasteiger partial charge in [0.25, 0.3) is 0 Å². The van der Waals surface area contributed by atoms with Gasteiger partial charge in [-0.05, 0) is 30.3 Å². The molecule has 1 aliphatic carbocycles. The Morgan fingerprint density at radius 3 is 2.13 bits per heavy atom. The first-order valence-corrected chi connectivity index (χ1v) is 5.06. The number of rotatable bonds is 2. The van der Waals surface area contributed by atoms with Gasteiger partial charge in [-0.3, -0.25) is 0 Å². The van der Waals surface area contributed by atoms with Crippen molar-refractivity contribution in [3.63, 3.8) is 0 Å². The van der Waals surface area contributed by atoms with Crippen LogP contribution in [0.25, 0.3) is 0 Å². The summed E-state index contributed by atoms with van der Waals surface area (Å²) in [6.07, 6.45) is 2.91. The van der Waals surface area contributed by atoms with Crippen LogP contribution in [-0.4, -0.2) is 17.2 Å². The van der Waals surface area contributed by atoms with E-state index < -0.39 is 7.12 Å². The van der Waals surface area contributed by atoms with Gasteiger partial charge in [0.15, 0.2) is 0 Å². The SMILES string of the molecule is N#CC1(c2ccc(B(O)O)cc2)CCC1. The molecule has 15 heavy (non-hydrogen) atoms. The topological polar surface area (TPSA) is 64.2 Å². The van der Waals surface area contributed by atoms with Gasteiger partial charge in [-0.2, -0.15) is 5.26 Å². The minimum atomic E-state index is -1.43. The number of nitrogens with zero attached hydrogens (tertiary/aromatic N) is 1. The van der Waals surface area contributed by atoms with E-state index in [-0.39, 0.29) is 5.41 Å². The first-order chi connectivity index (χ1) is 7.18. The van der Waals surface area contributed by atoms with Crippen LogP contribution in [0.4, 0.5) is 0 Å². The predicted octanol–water partition coefficient (Wildman–Crippen LogP) is 0.312. The monoisotopic (exact) mass is 201 g/mol. The van der Waals surface area contributed by atoms with Gasteiger partial charge in [-0.1, -0.05) is 24.3 Å². The highest BCUT2D eigenvalue weighted by molar-refractivity contribution is 6.58. The Morgan fingerprint density at radius 1 is 1.20 bits per heavy atom. The van der Waals surface area contributed by atoms with Crippen LogP contribution in [0.1, 0.15) is 24.8 Å². The smallest absolute Gasteiger partial charge is 0.423 e. The van der Waals surface area contributed by atoms with E-state index in [1.165, 1.54) is 0 Å². The fraction of sp³-hybridized carbons (Fsp3) is 0.364. The second kappa shape index (κ2) is 3.69. The summed E-state index contributed by atoms with van der Waals surface area (Å²) in [5.74, 6) is 0. The zero-order valence-electron chi connectivity index (χ0n) is 8.35. The van der Waals surface area contributed by atoms with Crippen LogP contribution in [0.5, 0.6) is 0 Å². The summed E-state index contributed by atoms with van der Waals surface area (Å²) in [5.41, 5.74) is 1.13. The quantitative estimate of drug-likeness (QED) is 0.677. The van der Waals surface area contributed by atoms with E-state index in [0.717, 1.165) is 24.8 Å². The Labute approximate surface area is 89.1 Å². The van der Waals surface area contributed by atoms with E-state index in [2.05, 4.69) is 6.07 Å². The van der Waals surface area contributed by atoms with Gasteiger partial charge in [-0.15, -0.1) is 0 Å². The lowest BCUT2D eigenvalue weighted by Gasteiger charge is -2.35. The minimum Gasteiger partial charge on any atom is -0.423 e. The summed E-state index contributed by atoms with van der Waals surface area (Å²) < 4.78 is 0. The van der Waals surface area contributed by atoms with Gasteiger partial charge < -0.3 is 10.0 Å². The van der Waals surface area contributed by atoms with Crippen LogP contribution in [0.3, 0.4) is 0 Å². The fourth-order valence-electron chi connectivity index (χ4n) is 1.97. The van der Waals surface area contributed by atoms with E-state index in [4.69, 9.17) is 15.3 Å². The molecule has 1 aromatic carbocycles. The molecule has 0 bridgehead atoms. The largest absolute Gasteiger partial charge is 0.488 e. The molecule has 2 N–H and O–H groups in total.